The van der Waals surface area contributed by atoms with Crippen LogP contribution >= 0.6 is 0 Å². The number of nitrogens with zero attached hydrogens (tertiary/aromatic N) is 1. The van der Waals surface area contributed by atoms with Gasteiger partial charge in [0, 0.05) is 25.1 Å². The van der Waals surface area contributed by atoms with Crippen LogP contribution in [-0.4, -0.2) is 47.4 Å². The zero-order chi connectivity index (χ0) is 20.4. The highest BCUT2D eigenvalue weighted by molar-refractivity contribution is 5.51. The summed E-state index contributed by atoms with van der Waals surface area (Å²) in [5.74, 6) is 0.379. The van der Waals surface area contributed by atoms with Crippen LogP contribution in [-0.2, 0) is 17.6 Å². The van der Waals surface area contributed by atoms with Crippen molar-refractivity contribution in [1.82, 2.24) is 4.90 Å². The van der Waals surface area contributed by atoms with E-state index in [1.165, 1.54) is 17.2 Å². The zero-order valence-electron chi connectivity index (χ0n) is 17.2. The van der Waals surface area contributed by atoms with Crippen LogP contribution in [0.25, 0.3) is 0 Å². The Morgan fingerprint density at radius 3 is 2.59 bits per heavy atom. The van der Waals surface area contributed by atoms with Gasteiger partial charge in [0.1, 0.15) is 0 Å². The lowest BCUT2D eigenvalue weighted by Gasteiger charge is -2.40. The first-order chi connectivity index (χ1) is 14.1. The van der Waals surface area contributed by atoms with Crippen molar-refractivity contribution >= 4 is 0 Å². The summed E-state index contributed by atoms with van der Waals surface area (Å²) < 4.78 is 6.34. The van der Waals surface area contributed by atoms with E-state index in [9.17, 15) is 10.2 Å². The van der Waals surface area contributed by atoms with Crippen molar-refractivity contribution < 1.29 is 14.9 Å². The summed E-state index contributed by atoms with van der Waals surface area (Å²) in [7, 11) is 0. The van der Waals surface area contributed by atoms with Crippen molar-refractivity contribution in [3.8, 4) is 11.5 Å². The maximum Gasteiger partial charge on any atom is 0.161 e. The van der Waals surface area contributed by atoms with E-state index in [1.54, 1.807) is 0 Å². The molecule has 2 aliphatic rings. The number of hydrogen-bond donors (Lipinski definition) is 3. The minimum absolute atomic E-state index is 0.00934. The minimum Gasteiger partial charge on any atom is -0.504 e. The summed E-state index contributed by atoms with van der Waals surface area (Å²) in [6.45, 7) is 5.79. The number of rotatable bonds is 5. The fourth-order valence-corrected chi connectivity index (χ4v) is 4.87. The van der Waals surface area contributed by atoms with E-state index in [-0.39, 0.29) is 23.7 Å². The molecule has 0 amide bonds. The molecular formula is C24H32N2O3. The number of aromatic hydroxyl groups is 2. The van der Waals surface area contributed by atoms with Gasteiger partial charge in [-0.2, -0.15) is 0 Å². The summed E-state index contributed by atoms with van der Waals surface area (Å²) in [4.78, 5) is 2.55. The number of hydrogen-bond acceptors (Lipinski definition) is 5. The number of ether oxygens (including phenoxy) is 1. The van der Waals surface area contributed by atoms with E-state index in [4.69, 9.17) is 10.5 Å². The van der Waals surface area contributed by atoms with Crippen LogP contribution in [0.3, 0.4) is 0 Å². The molecule has 2 heterocycles. The molecule has 4 rings (SSSR count). The second kappa shape index (κ2) is 8.74. The molecule has 0 aliphatic carbocycles. The molecule has 4 N–H and O–H groups in total. The third-order valence-corrected chi connectivity index (χ3v) is 6.72. The number of fused-ring (bicyclic) bond motifs is 1. The number of phenols is 2. The largest absolute Gasteiger partial charge is 0.504 e. The molecule has 0 radical (unpaired) electrons. The quantitative estimate of drug-likeness (QED) is 0.676. The first-order valence-electron chi connectivity index (χ1n) is 10.7. The maximum absolute atomic E-state index is 10.4. The van der Waals surface area contributed by atoms with Crippen molar-refractivity contribution in [1.29, 1.82) is 0 Å². The van der Waals surface area contributed by atoms with E-state index >= 15 is 0 Å². The number of nitrogens with two attached hydrogens (primary N) is 1. The van der Waals surface area contributed by atoms with E-state index in [0.717, 1.165) is 50.0 Å². The average Bonchev–Trinajstić information content (AvgIpc) is 2.75. The Morgan fingerprint density at radius 2 is 1.86 bits per heavy atom. The van der Waals surface area contributed by atoms with Crippen LogP contribution in [0.2, 0.25) is 0 Å². The predicted molar refractivity (Wildman–Crippen MR) is 114 cm³/mol. The molecule has 29 heavy (non-hydrogen) atoms. The first kappa shape index (κ1) is 20.2. The topological polar surface area (TPSA) is 79.0 Å². The van der Waals surface area contributed by atoms with E-state index in [2.05, 4.69) is 36.1 Å². The highest BCUT2D eigenvalue weighted by atomic mass is 16.5. The number of likely N-dealkylation sites (tertiary alicyclic amines) is 1. The van der Waals surface area contributed by atoms with Crippen LogP contribution in [0.1, 0.15) is 41.2 Å². The molecule has 2 aliphatic heterocycles. The SMILES string of the molecule is Cc1ccccc1CCN1CCC(C2Cc3c(ccc(O)c3O)C(CN)O2)CC1. The summed E-state index contributed by atoms with van der Waals surface area (Å²) in [5.41, 5.74) is 10.5. The maximum atomic E-state index is 10.4. The lowest BCUT2D eigenvalue weighted by Crippen LogP contribution is -2.42. The minimum atomic E-state index is -0.214. The van der Waals surface area contributed by atoms with Crippen molar-refractivity contribution in [3.05, 3.63) is 58.7 Å². The molecule has 1 saturated heterocycles. The number of benzene rings is 2. The van der Waals surface area contributed by atoms with Gasteiger partial charge >= 0.3 is 0 Å². The van der Waals surface area contributed by atoms with E-state index < -0.39 is 0 Å². The fraction of sp³-hybridized carbons (Fsp3) is 0.500. The average molecular weight is 397 g/mol. The van der Waals surface area contributed by atoms with Crippen molar-refractivity contribution in [2.75, 3.05) is 26.2 Å². The van der Waals surface area contributed by atoms with Gasteiger partial charge in [0.05, 0.1) is 12.2 Å². The van der Waals surface area contributed by atoms with Crippen LogP contribution in [0.5, 0.6) is 11.5 Å². The van der Waals surface area contributed by atoms with Gasteiger partial charge in [-0.1, -0.05) is 30.3 Å². The van der Waals surface area contributed by atoms with Crippen molar-refractivity contribution in [3.63, 3.8) is 0 Å². The number of piperidine rings is 1. The van der Waals surface area contributed by atoms with Gasteiger partial charge in [-0.25, -0.2) is 0 Å². The molecule has 1 fully saturated rings. The number of aryl methyl sites for hydroxylation is 1. The summed E-state index contributed by atoms with van der Waals surface area (Å²) in [6, 6.07) is 12.0. The van der Waals surface area contributed by atoms with Gasteiger partial charge in [0.25, 0.3) is 0 Å². The molecule has 0 saturated carbocycles. The highest BCUT2D eigenvalue weighted by Crippen LogP contribution is 2.42. The van der Waals surface area contributed by atoms with Gasteiger partial charge in [-0.3, -0.25) is 0 Å². The van der Waals surface area contributed by atoms with Crippen LogP contribution in [0, 0.1) is 12.8 Å². The Balaban J connectivity index is 1.36. The Bertz CT molecular complexity index is 846. The molecule has 2 unspecified atom stereocenters. The first-order valence-corrected chi connectivity index (χ1v) is 10.7. The van der Waals surface area contributed by atoms with Crippen LogP contribution < -0.4 is 5.73 Å². The monoisotopic (exact) mass is 396 g/mol. The van der Waals surface area contributed by atoms with Crippen molar-refractivity contribution in [2.45, 2.75) is 44.8 Å². The third-order valence-electron chi connectivity index (χ3n) is 6.72. The highest BCUT2D eigenvalue weighted by Gasteiger charge is 2.35. The third kappa shape index (κ3) is 4.27. The molecule has 5 heteroatoms. The van der Waals surface area contributed by atoms with E-state index in [1.807, 2.05) is 6.07 Å². The second-order valence-corrected chi connectivity index (χ2v) is 8.46. The van der Waals surface area contributed by atoms with Gasteiger partial charge < -0.3 is 25.6 Å². The Morgan fingerprint density at radius 1 is 1.10 bits per heavy atom. The molecule has 156 valence electrons. The lowest BCUT2D eigenvalue weighted by molar-refractivity contribution is -0.0646. The zero-order valence-corrected chi connectivity index (χ0v) is 17.2. The molecule has 5 nitrogen and oxygen atoms in total. The fourth-order valence-electron chi connectivity index (χ4n) is 4.87. The van der Waals surface area contributed by atoms with Gasteiger partial charge in [-0.05, 0) is 68.0 Å². The standard InChI is InChI=1S/C24H32N2O3/c1-16-4-2-3-5-17(16)8-11-26-12-9-18(10-13-26)22-14-20-19(23(15-25)29-22)6-7-21(27)24(20)28/h2-7,18,22-23,27-28H,8-15,25H2,1H3. The molecule has 2 aromatic carbocycles. The van der Waals surface area contributed by atoms with Crippen molar-refractivity contribution in [2.24, 2.45) is 11.7 Å². The molecule has 2 aromatic rings. The predicted octanol–water partition coefficient (Wildman–Crippen LogP) is 3.30. The molecular weight excluding hydrogens is 364 g/mol. The Labute approximate surface area is 173 Å². The lowest BCUT2D eigenvalue weighted by atomic mass is 9.83. The van der Waals surface area contributed by atoms with Crippen LogP contribution in [0.4, 0.5) is 0 Å². The Kier molecular flexibility index (Phi) is 6.09. The Hall–Kier alpha value is -2.08. The molecule has 0 bridgehead atoms. The van der Waals surface area contributed by atoms with Gasteiger partial charge in [-0.15, -0.1) is 0 Å². The van der Waals surface area contributed by atoms with E-state index in [0.29, 0.717) is 18.9 Å². The number of phenolic OH excluding ortho intramolecular Hbond substituents is 2. The van der Waals surface area contributed by atoms with Gasteiger partial charge in [0.15, 0.2) is 11.5 Å². The summed E-state index contributed by atoms with van der Waals surface area (Å²) in [6.07, 6.45) is 3.74. The summed E-state index contributed by atoms with van der Waals surface area (Å²) >= 11 is 0. The second-order valence-electron chi connectivity index (χ2n) is 8.46. The molecule has 2 atom stereocenters. The van der Waals surface area contributed by atoms with Crippen LogP contribution in [0.15, 0.2) is 36.4 Å². The van der Waals surface area contributed by atoms with Gasteiger partial charge in [0.2, 0.25) is 0 Å². The normalized spacial score (nSPS) is 23.1. The molecule has 0 spiro atoms. The molecule has 0 aromatic heterocycles. The summed E-state index contributed by atoms with van der Waals surface area (Å²) in [5, 5.41) is 20.3. The smallest absolute Gasteiger partial charge is 0.161 e.